The van der Waals surface area contributed by atoms with Crippen LogP contribution in [0.1, 0.15) is 35.9 Å². The molecule has 2 atom stereocenters. The number of benzene rings is 1. The van der Waals surface area contributed by atoms with E-state index in [9.17, 15) is 4.79 Å². The van der Waals surface area contributed by atoms with Crippen molar-refractivity contribution in [3.8, 4) is 0 Å². The average molecular weight is 302 g/mol. The molecule has 4 heteroatoms. The smallest absolute Gasteiger partial charge is 0.264 e. The highest BCUT2D eigenvalue weighted by Crippen LogP contribution is 2.30. The van der Waals surface area contributed by atoms with Gasteiger partial charge in [0, 0.05) is 23.8 Å². The van der Waals surface area contributed by atoms with Crippen LogP contribution in [0.2, 0.25) is 0 Å². The standard InChI is InChI=1S/C17H22N2OS/c1-2-12-7-8-19(14(9-12)11-18)17(20)16-10-13-5-3-4-6-15(13)21-16/h3-6,10,12,14H,2,7-9,11,18H2,1H3. The van der Waals surface area contributed by atoms with Crippen LogP contribution in [0.3, 0.4) is 0 Å². The van der Waals surface area contributed by atoms with Gasteiger partial charge in [0.15, 0.2) is 0 Å². The molecule has 0 aliphatic carbocycles. The molecule has 3 nitrogen and oxygen atoms in total. The lowest BCUT2D eigenvalue weighted by molar-refractivity contribution is 0.0563. The molecule has 1 amide bonds. The van der Waals surface area contributed by atoms with Crippen molar-refractivity contribution < 1.29 is 4.79 Å². The maximum Gasteiger partial charge on any atom is 0.264 e. The summed E-state index contributed by atoms with van der Waals surface area (Å²) in [4.78, 5) is 15.6. The third-order valence-corrected chi connectivity index (χ3v) is 5.68. The number of amides is 1. The highest BCUT2D eigenvalue weighted by atomic mass is 32.1. The van der Waals surface area contributed by atoms with E-state index in [0.29, 0.717) is 12.5 Å². The molecule has 0 spiro atoms. The molecular weight excluding hydrogens is 280 g/mol. The fourth-order valence-corrected chi connectivity index (χ4v) is 4.24. The van der Waals surface area contributed by atoms with E-state index in [1.165, 1.54) is 11.1 Å². The Hall–Kier alpha value is -1.39. The molecule has 2 aromatic rings. The van der Waals surface area contributed by atoms with E-state index in [-0.39, 0.29) is 11.9 Å². The van der Waals surface area contributed by atoms with Crippen LogP contribution in [-0.2, 0) is 0 Å². The Balaban J connectivity index is 1.83. The van der Waals surface area contributed by atoms with Crippen molar-refractivity contribution in [3.05, 3.63) is 35.2 Å². The third-order valence-electron chi connectivity index (χ3n) is 4.57. The fourth-order valence-electron chi connectivity index (χ4n) is 3.22. The molecule has 1 aliphatic rings. The number of nitrogens with zero attached hydrogens (tertiary/aromatic N) is 1. The Morgan fingerprint density at radius 2 is 2.24 bits per heavy atom. The first-order chi connectivity index (χ1) is 10.2. The largest absolute Gasteiger partial charge is 0.334 e. The lowest BCUT2D eigenvalue weighted by atomic mass is 9.89. The molecule has 1 aromatic heterocycles. The minimum absolute atomic E-state index is 0.154. The minimum atomic E-state index is 0.154. The van der Waals surface area contributed by atoms with Gasteiger partial charge in [-0.3, -0.25) is 4.79 Å². The summed E-state index contributed by atoms with van der Waals surface area (Å²) in [6.07, 6.45) is 3.33. The van der Waals surface area contributed by atoms with Gasteiger partial charge in [-0.1, -0.05) is 31.5 Å². The summed E-state index contributed by atoms with van der Waals surface area (Å²) in [5.74, 6) is 0.867. The number of carbonyl (C=O) groups is 1. The van der Waals surface area contributed by atoms with Gasteiger partial charge in [0.2, 0.25) is 0 Å². The zero-order valence-corrected chi connectivity index (χ0v) is 13.2. The predicted molar refractivity (Wildman–Crippen MR) is 88.7 cm³/mol. The van der Waals surface area contributed by atoms with Gasteiger partial charge < -0.3 is 10.6 Å². The van der Waals surface area contributed by atoms with E-state index >= 15 is 0 Å². The summed E-state index contributed by atoms with van der Waals surface area (Å²) in [7, 11) is 0. The van der Waals surface area contributed by atoms with Gasteiger partial charge in [0.05, 0.1) is 4.88 Å². The minimum Gasteiger partial charge on any atom is -0.334 e. The molecule has 1 fully saturated rings. The van der Waals surface area contributed by atoms with Crippen LogP contribution in [-0.4, -0.2) is 29.9 Å². The summed E-state index contributed by atoms with van der Waals surface area (Å²) >= 11 is 1.59. The van der Waals surface area contributed by atoms with Crippen LogP contribution < -0.4 is 5.73 Å². The number of rotatable bonds is 3. The topological polar surface area (TPSA) is 46.3 Å². The first-order valence-electron chi connectivity index (χ1n) is 7.72. The van der Waals surface area contributed by atoms with Crippen molar-refractivity contribution in [1.29, 1.82) is 0 Å². The van der Waals surface area contributed by atoms with Gasteiger partial charge in [-0.2, -0.15) is 0 Å². The van der Waals surface area contributed by atoms with Gasteiger partial charge in [-0.05, 0) is 36.3 Å². The maximum absolute atomic E-state index is 12.8. The number of nitrogens with two attached hydrogens (primary N) is 1. The molecule has 1 aromatic carbocycles. The molecule has 2 unspecified atom stereocenters. The number of fused-ring (bicyclic) bond motifs is 1. The molecule has 2 heterocycles. The number of carbonyl (C=O) groups excluding carboxylic acids is 1. The molecule has 0 bridgehead atoms. The molecule has 2 N–H and O–H groups in total. The summed E-state index contributed by atoms with van der Waals surface area (Å²) in [5.41, 5.74) is 5.91. The van der Waals surface area contributed by atoms with Crippen LogP contribution in [0.25, 0.3) is 10.1 Å². The van der Waals surface area contributed by atoms with Gasteiger partial charge in [-0.25, -0.2) is 0 Å². The van der Waals surface area contributed by atoms with E-state index in [1.54, 1.807) is 11.3 Å². The number of hydrogen-bond acceptors (Lipinski definition) is 3. The van der Waals surface area contributed by atoms with E-state index in [4.69, 9.17) is 5.73 Å². The second kappa shape index (κ2) is 6.16. The van der Waals surface area contributed by atoms with Crippen molar-refractivity contribution in [2.45, 2.75) is 32.2 Å². The number of hydrogen-bond donors (Lipinski definition) is 1. The normalized spacial score (nSPS) is 22.7. The van der Waals surface area contributed by atoms with Crippen molar-refractivity contribution >= 4 is 27.3 Å². The second-order valence-electron chi connectivity index (χ2n) is 5.84. The molecule has 3 rings (SSSR count). The monoisotopic (exact) mass is 302 g/mol. The first-order valence-corrected chi connectivity index (χ1v) is 8.54. The molecule has 0 radical (unpaired) electrons. The van der Waals surface area contributed by atoms with Gasteiger partial charge in [0.25, 0.3) is 5.91 Å². The highest BCUT2D eigenvalue weighted by Gasteiger charge is 2.31. The SMILES string of the molecule is CCC1CCN(C(=O)c2cc3ccccc3s2)C(CN)C1. The van der Waals surface area contributed by atoms with Crippen molar-refractivity contribution in [3.63, 3.8) is 0 Å². The van der Waals surface area contributed by atoms with Gasteiger partial charge >= 0.3 is 0 Å². The van der Waals surface area contributed by atoms with Crippen LogP contribution in [0.4, 0.5) is 0 Å². The zero-order chi connectivity index (χ0) is 14.8. The second-order valence-corrected chi connectivity index (χ2v) is 6.92. The molecule has 1 saturated heterocycles. The lowest BCUT2D eigenvalue weighted by Gasteiger charge is -2.38. The van der Waals surface area contributed by atoms with Crippen LogP contribution in [0, 0.1) is 5.92 Å². The van der Waals surface area contributed by atoms with Gasteiger partial charge in [0.1, 0.15) is 0 Å². The number of piperidine rings is 1. The zero-order valence-electron chi connectivity index (χ0n) is 12.4. The Bertz CT molecular complexity index is 604. The van der Waals surface area contributed by atoms with E-state index in [2.05, 4.69) is 19.1 Å². The van der Waals surface area contributed by atoms with Crippen molar-refractivity contribution in [1.82, 2.24) is 4.90 Å². The quantitative estimate of drug-likeness (QED) is 0.943. The van der Waals surface area contributed by atoms with Crippen LogP contribution in [0.5, 0.6) is 0 Å². The molecule has 0 saturated carbocycles. The average Bonchev–Trinajstić information content (AvgIpc) is 2.97. The summed E-state index contributed by atoms with van der Waals surface area (Å²) in [5, 5.41) is 1.15. The Morgan fingerprint density at radius 1 is 1.43 bits per heavy atom. The first kappa shape index (κ1) is 14.5. The summed E-state index contributed by atoms with van der Waals surface area (Å²) in [6, 6.07) is 10.4. The number of thiophene rings is 1. The van der Waals surface area contributed by atoms with Crippen LogP contribution >= 0.6 is 11.3 Å². The van der Waals surface area contributed by atoms with Gasteiger partial charge in [-0.15, -0.1) is 11.3 Å². The Labute approximate surface area is 129 Å². The van der Waals surface area contributed by atoms with Crippen molar-refractivity contribution in [2.75, 3.05) is 13.1 Å². The molecule has 112 valence electrons. The summed E-state index contributed by atoms with van der Waals surface area (Å²) in [6.45, 7) is 3.63. The molecular formula is C17H22N2OS. The molecule has 1 aliphatic heterocycles. The fraction of sp³-hybridized carbons (Fsp3) is 0.471. The Morgan fingerprint density at radius 3 is 2.95 bits per heavy atom. The van der Waals surface area contributed by atoms with E-state index in [0.717, 1.165) is 29.6 Å². The molecule has 21 heavy (non-hydrogen) atoms. The number of likely N-dealkylation sites (tertiary alicyclic amines) is 1. The predicted octanol–water partition coefficient (Wildman–Crippen LogP) is 3.49. The summed E-state index contributed by atoms with van der Waals surface area (Å²) < 4.78 is 1.17. The van der Waals surface area contributed by atoms with Crippen LogP contribution in [0.15, 0.2) is 30.3 Å². The third kappa shape index (κ3) is 2.83. The van der Waals surface area contributed by atoms with E-state index < -0.39 is 0 Å². The lowest BCUT2D eigenvalue weighted by Crippen LogP contribution is -2.49. The Kier molecular flexibility index (Phi) is 4.27. The highest BCUT2D eigenvalue weighted by molar-refractivity contribution is 7.20. The van der Waals surface area contributed by atoms with E-state index in [1.807, 2.05) is 23.1 Å². The van der Waals surface area contributed by atoms with Crippen molar-refractivity contribution in [2.24, 2.45) is 11.7 Å². The maximum atomic E-state index is 12.8.